The molecule has 0 spiro atoms. The molecule has 7 heteroatoms. The lowest BCUT2D eigenvalue weighted by Crippen LogP contribution is -2.23. The van der Waals surface area contributed by atoms with E-state index < -0.39 is 11.5 Å². The van der Waals surface area contributed by atoms with Gasteiger partial charge in [0.05, 0.1) is 36.3 Å². The number of aliphatic carboxylic acids is 1. The predicted octanol–water partition coefficient (Wildman–Crippen LogP) is 1.77. The summed E-state index contributed by atoms with van der Waals surface area (Å²) < 4.78 is 1.52. The van der Waals surface area contributed by atoms with Crippen molar-refractivity contribution in [3.63, 3.8) is 0 Å². The Balaban J connectivity index is 2.56. The van der Waals surface area contributed by atoms with Gasteiger partial charge in [0.1, 0.15) is 6.07 Å². The number of carbonyl (C=O) groups excluding carboxylic acids is 1. The average molecular weight is 326 g/mol. The fourth-order valence-electron chi connectivity index (χ4n) is 1.97. The molecular formula is C16H10ClN4O2-. The minimum Gasteiger partial charge on any atom is -0.544 e. The molecule has 1 heterocycles. The third-order valence-corrected chi connectivity index (χ3v) is 3.22. The monoisotopic (exact) mass is 325 g/mol. The van der Waals surface area contributed by atoms with Crippen LogP contribution in [0.2, 0.25) is 5.02 Å². The first kappa shape index (κ1) is 16.3. The van der Waals surface area contributed by atoms with Crippen molar-refractivity contribution in [1.82, 2.24) is 9.78 Å². The molecule has 0 atom stereocenters. The maximum atomic E-state index is 10.9. The van der Waals surface area contributed by atoms with Crippen molar-refractivity contribution in [3.8, 4) is 23.4 Å². The highest BCUT2D eigenvalue weighted by molar-refractivity contribution is 6.30. The molecule has 1 aromatic heterocycles. The van der Waals surface area contributed by atoms with E-state index in [0.29, 0.717) is 28.4 Å². The fraction of sp³-hybridized carbons (Fsp3) is 0.125. The third-order valence-electron chi connectivity index (χ3n) is 2.98. The topological polar surface area (TPSA) is 106 Å². The molecule has 0 fully saturated rings. The van der Waals surface area contributed by atoms with Crippen LogP contribution in [0.4, 0.5) is 0 Å². The van der Waals surface area contributed by atoms with E-state index in [4.69, 9.17) is 22.1 Å². The first-order valence-corrected chi connectivity index (χ1v) is 6.96. The summed E-state index contributed by atoms with van der Waals surface area (Å²) in [6.45, 7) is 0.352. The van der Waals surface area contributed by atoms with Gasteiger partial charge in [-0.15, -0.1) is 0 Å². The van der Waals surface area contributed by atoms with Crippen molar-refractivity contribution in [2.24, 2.45) is 0 Å². The van der Waals surface area contributed by atoms with Crippen LogP contribution in [0, 0.1) is 22.7 Å². The Morgan fingerprint density at radius 1 is 1.43 bits per heavy atom. The Labute approximate surface area is 137 Å². The van der Waals surface area contributed by atoms with Gasteiger partial charge in [0, 0.05) is 22.3 Å². The van der Waals surface area contributed by atoms with Gasteiger partial charge in [0.2, 0.25) is 0 Å². The van der Waals surface area contributed by atoms with Crippen LogP contribution in [0.15, 0.2) is 36.0 Å². The molecule has 0 amide bonds. The van der Waals surface area contributed by atoms with Crippen LogP contribution in [0.5, 0.6) is 0 Å². The fourth-order valence-corrected chi connectivity index (χ4v) is 2.16. The number of hydrogen-bond acceptors (Lipinski definition) is 5. The van der Waals surface area contributed by atoms with E-state index >= 15 is 0 Å². The van der Waals surface area contributed by atoms with Gasteiger partial charge in [-0.05, 0) is 18.2 Å². The molecule has 0 aliphatic rings. The van der Waals surface area contributed by atoms with Crippen molar-refractivity contribution in [2.45, 2.75) is 13.0 Å². The molecule has 2 aromatic rings. The van der Waals surface area contributed by atoms with Crippen molar-refractivity contribution < 1.29 is 9.90 Å². The standard InChI is InChI=1S/C16H11ClN4O2/c17-14-4-1-3-11(8-14)15-13(7-12(9-19)16(22)23)10-21(20-15)6-2-5-18/h1,3-4,7-8,10H,2,6H2,(H,22,23)/p-1/b12-7-. The van der Waals surface area contributed by atoms with E-state index in [-0.39, 0.29) is 6.42 Å². The molecule has 2 rings (SSSR count). The van der Waals surface area contributed by atoms with Gasteiger partial charge in [-0.2, -0.15) is 15.6 Å². The number of benzene rings is 1. The molecular weight excluding hydrogens is 316 g/mol. The molecule has 0 saturated heterocycles. The molecule has 0 N–H and O–H groups in total. The Morgan fingerprint density at radius 2 is 2.22 bits per heavy atom. The summed E-state index contributed by atoms with van der Waals surface area (Å²) in [6, 6.07) is 10.5. The SMILES string of the molecule is N#CCCn1cc(/C=C(/C#N)C(=O)[O-])c(-c2cccc(Cl)c2)n1. The van der Waals surface area contributed by atoms with Crippen LogP contribution in [-0.4, -0.2) is 15.7 Å². The van der Waals surface area contributed by atoms with Gasteiger partial charge in [0.15, 0.2) is 0 Å². The minimum atomic E-state index is -1.56. The zero-order chi connectivity index (χ0) is 16.8. The summed E-state index contributed by atoms with van der Waals surface area (Å²) in [5.41, 5.74) is 1.08. The normalized spacial score (nSPS) is 10.8. The Hall–Kier alpha value is -3.09. The lowest BCUT2D eigenvalue weighted by atomic mass is 10.1. The molecule has 114 valence electrons. The third kappa shape index (κ3) is 3.97. The quantitative estimate of drug-likeness (QED) is 0.615. The van der Waals surface area contributed by atoms with Gasteiger partial charge in [-0.1, -0.05) is 23.7 Å². The zero-order valence-electron chi connectivity index (χ0n) is 11.9. The molecule has 0 bridgehead atoms. The maximum absolute atomic E-state index is 10.9. The van der Waals surface area contributed by atoms with Crippen LogP contribution >= 0.6 is 11.6 Å². The molecule has 0 saturated carbocycles. The Morgan fingerprint density at radius 3 is 2.83 bits per heavy atom. The van der Waals surface area contributed by atoms with Crippen molar-refractivity contribution in [2.75, 3.05) is 0 Å². The molecule has 0 aliphatic carbocycles. The van der Waals surface area contributed by atoms with E-state index in [1.54, 1.807) is 36.5 Å². The summed E-state index contributed by atoms with van der Waals surface area (Å²) in [5.74, 6) is -1.56. The summed E-state index contributed by atoms with van der Waals surface area (Å²) in [7, 11) is 0. The van der Waals surface area contributed by atoms with Crippen molar-refractivity contribution in [1.29, 1.82) is 10.5 Å². The van der Waals surface area contributed by atoms with E-state index in [1.165, 1.54) is 10.8 Å². The number of hydrogen-bond donors (Lipinski definition) is 0. The van der Waals surface area contributed by atoms with Crippen LogP contribution in [-0.2, 0) is 11.3 Å². The summed E-state index contributed by atoms with van der Waals surface area (Å²) in [5, 5.41) is 33.3. The number of carboxylic acids is 1. The van der Waals surface area contributed by atoms with E-state index in [1.807, 2.05) is 6.07 Å². The van der Waals surface area contributed by atoms with Crippen LogP contribution in [0.1, 0.15) is 12.0 Å². The van der Waals surface area contributed by atoms with Crippen molar-refractivity contribution >= 4 is 23.6 Å². The first-order valence-electron chi connectivity index (χ1n) is 6.58. The summed E-state index contributed by atoms with van der Waals surface area (Å²) >= 11 is 5.97. The van der Waals surface area contributed by atoms with Gasteiger partial charge in [-0.25, -0.2) is 0 Å². The highest BCUT2D eigenvalue weighted by atomic mass is 35.5. The van der Waals surface area contributed by atoms with E-state index in [9.17, 15) is 9.90 Å². The molecule has 0 radical (unpaired) electrons. The highest BCUT2D eigenvalue weighted by Gasteiger charge is 2.11. The van der Waals surface area contributed by atoms with Gasteiger partial charge < -0.3 is 9.90 Å². The second-order valence-corrected chi connectivity index (χ2v) is 5.01. The smallest absolute Gasteiger partial charge is 0.101 e. The van der Waals surface area contributed by atoms with Gasteiger partial charge in [0.25, 0.3) is 0 Å². The summed E-state index contributed by atoms with van der Waals surface area (Å²) in [6.07, 6.45) is 3.03. The maximum Gasteiger partial charge on any atom is 0.101 e. The van der Waals surface area contributed by atoms with Crippen molar-refractivity contribution in [3.05, 3.63) is 46.6 Å². The van der Waals surface area contributed by atoms with Crippen LogP contribution in [0.25, 0.3) is 17.3 Å². The largest absolute Gasteiger partial charge is 0.544 e. The molecule has 23 heavy (non-hydrogen) atoms. The number of carboxylic acid groups (broad SMARTS) is 1. The van der Waals surface area contributed by atoms with Gasteiger partial charge in [-0.3, -0.25) is 4.68 Å². The van der Waals surface area contributed by atoms with E-state index in [0.717, 1.165) is 0 Å². The number of carbonyl (C=O) groups is 1. The number of aromatic nitrogens is 2. The first-order chi connectivity index (χ1) is 11.0. The number of rotatable bonds is 5. The lowest BCUT2D eigenvalue weighted by molar-refractivity contribution is -0.298. The lowest BCUT2D eigenvalue weighted by Gasteiger charge is -2.01. The molecule has 1 aromatic carbocycles. The molecule has 0 aliphatic heterocycles. The molecule has 6 nitrogen and oxygen atoms in total. The number of aryl methyl sites for hydroxylation is 1. The van der Waals surface area contributed by atoms with Crippen LogP contribution < -0.4 is 5.11 Å². The predicted molar refractivity (Wildman–Crippen MR) is 81.5 cm³/mol. The van der Waals surface area contributed by atoms with Crippen LogP contribution in [0.3, 0.4) is 0 Å². The number of nitriles is 2. The molecule has 0 unspecified atom stereocenters. The number of halogens is 1. The second-order valence-electron chi connectivity index (χ2n) is 4.57. The number of nitrogens with zero attached hydrogens (tertiary/aromatic N) is 4. The Kier molecular flexibility index (Phi) is 5.14. The zero-order valence-corrected chi connectivity index (χ0v) is 12.6. The minimum absolute atomic E-state index is 0.255. The van der Waals surface area contributed by atoms with E-state index in [2.05, 4.69) is 5.10 Å². The second kappa shape index (κ2) is 7.26. The highest BCUT2D eigenvalue weighted by Crippen LogP contribution is 2.26. The average Bonchev–Trinajstić information content (AvgIpc) is 2.93. The Bertz CT molecular complexity index is 856. The summed E-state index contributed by atoms with van der Waals surface area (Å²) in [4.78, 5) is 10.9. The van der Waals surface area contributed by atoms with Gasteiger partial charge >= 0.3 is 0 Å².